The van der Waals surface area contributed by atoms with Gasteiger partial charge < -0.3 is 10.6 Å². The molecular formula is C24H28ClFN4O2. The summed E-state index contributed by atoms with van der Waals surface area (Å²) >= 11 is 5.98. The van der Waals surface area contributed by atoms with Crippen LogP contribution in [-0.2, 0) is 10.2 Å². The second-order valence-corrected chi connectivity index (χ2v) is 9.42. The largest absolute Gasteiger partial charge is 0.355 e. The maximum absolute atomic E-state index is 13.8. The van der Waals surface area contributed by atoms with Gasteiger partial charge in [-0.25, -0.2) is 9.37 Å². The lowest BCUT2D eigenvalue weighted by molar-refractivity contribution is -0.132. The molecule has 0 unspecified atom stereocenters. The monoisotopic (exact) mass is 458 g/mol. The fraction of sp³-hybridized carbons (Fsp3) is 0.458. The number of alkyl halides is 1. The maximum atomic E-state index is 13.8. The fourth-order valence-electron chi connectivity index (χ4n) is 4.69. The first kappa shape index (κ1) is 22.7. The summed E-state index contributed by atoms with van der Waals surface area (Å²) in [5, 5.41) is 5.68. The van der Waals surface area contributed by atoms with E-state index in [1.807, 2.05) is 18.2 Å². The van der Waals surface area contributed by atoms with Crippen molar-refractivity contribution >= 4 is 29.1 Å². The summed E-state index contributed by atoms with van der Waals surface area (Å²) in [4.78, 5) is 32.3. The number of nitrogens with zero attached hydrogens (tertiary/aromatic N) is 2. The molecule has 1 aliphatic carbocycles. The van der Waals surface area contributed by atoms with Crippen molar-refractivity contribution < 1.29 is 14.0 Å². The lowest BCUT2D eigenvalue weighted by Gasteiger charge is -2.55. The Balaban J connectivity index is 1.68. The second kappa shape index (κ2) is 8.79. The molecule has 4 rings (SSSR count). The molecule has 0 bridgehead atoms. The number of likely N-dealkylation sites (tertiary alicyclic amines) is 1. The van der Waals surface area contributed by atoms with Crippen molar-refractivity contribution in [2.24, 2.45) is 0 Å². The molecule has 1 aliphatic heterocycles. The van der Waals surface area contributed by atoms with Gasteiger partial charge in [-0.05, 0) is 36.0 Å². The molecular weight excluding hydrogens is 431 g/mol. The van der Waals surface area contributed by atoms with Crippen LogP contribution in [0, 0.1) is 0 Å². The Bertz CT molecular complexity index is 1030. The molecule has 0 spiro atoms. The first-order valence-corrected chi connectivity index (χ1v) is 11.3. The van der Waals surface area contributed by atoms with E-state index in [0.29, 0.717) is 31.6 Å². The van der Waals surface area contributed by atoms with E-state index in [4.69, 9.17) is 11.6 Å². The van der Waals surface area contributed by atoms with E-state index in [9.17, 15) is 14.0 Å². The van der Waals surface area contributed by atoms with Crippen LogP contribution < -0.4 is 10.6 Å². The maximum Gasteiger partial charge on any atom is 0.253 e. The number of anilines is 1. The van der Waals surface area contributed by atoms with Crippen LogP contribution >= 0.6 is 11.6 Å². The van der Waals surface area contributed by atoms with E-state index >= 15 is 0 Å². The number of carbonyl (C=O) groups is 2. The van der Waals surface area contributed by atoms with Crippen molar-refractivity contribution in [1.29, 1.82) is 0 Å². The van der Waals surface area contributed by atoms with Gasteiger partial charge in [0.1, 0.15) is 11.3 Å². The fourth-order valence-corrected chi connectivity index (χ4v) is 4.85. The van der Waals surface area contributed by atoms with Crippen molar-refractivity contribution in [3.05, 3.63) is 58.4 Å². The lowest BCUT2D eigenvalue weighted by atomic mass is 9.68. The molecule has 0 atom stereocenters. The Kier molecular flexibility index (Phi) is 6.23. The molecule has 2 amide bonds. The van der Waals surface area contributed by atoms with Crippen molar-refractivity contribution in [2.45, 2.75) is 50.2 Å². The first-order chi connectivity index (χ1) is 15.2. The van der Waals surface area contributed by atoms with Gasteiger partial charge in [-0.1, -0.05) is 49.7 Å². The molecule has 6 nitrogen and oxygen atoms in total. The highest BCUT2D eigenvalue weighted by atomic mass is 35.5. The third-order valence-electron chi connectivity index (χ3n) is 6.64. The molecule has 1 aromatic carbocycles. The summed E-state index contributed by atoms with van der Waals surface area (Å²) in [5.41, 5.74) is 1.86. The Hall–Kier alpha value is -2.51. The van der Waals surface area contributed by atoms with Gasteiger partial charge in [-0.2, -0.15) is 0 Å². The molecule has 1 saturated heterocycles. The van der Waals surface area contributed by atoms with Gasteiger partial charge in [-0.3, -0.25) is 14.5 Å². The third kappa shape index (κ3) is 3.99. The average molecular weight is 459 g/mol. The molecule has 2 heterocycles. The number of pyridine rings is 1. The molecule has 2 fully saturated rings. The van der Waals surface area contributed by atoms with E-state index in [-0.39, 0.29) is 34.5 Å². The average Bonchev–Trinajstić information content (AvgIpc) is 2.72. The van der Waals surface area contributed by atoms with Crippen molar-refractivity contribution in [1.82, 2.24) is 15.2 Å². The van der Waals surface area contributed by atoms with Gasteiger partial charge in [0, 0.05) is 26.2 Å². The number of hydrogen-bond donors (Lipinski definition) is 2. The molecule has 32 heavy (non-hydrogen) atoms. The topological polar surface area (TPSA) is 74.3 Å². The number of halogens is 2. The number of nitrogens with one attached hydrogen (secondary N) is 2. The van der Waals surface area contributed by atoms with Gasteiger partial charge in [0.2, 0.25) is 5.91 Å². The van der Waals surface area contributed by atoms with Crippen LogP contribution in [0.3, 0.4) is 0 Å². The molecule has 0 radical (unpaired) electrons. The van der Waals surface area contributed by atoms with Gasteiger partial charge in [-0.15, -0.1) is 0 Å². The highest BCUT2D eigenvalue weighted by molar-refractivity contribution is 6.30. The van der Waals surface area contributed by atoms with Crippen LogP contribution in [0.15, 0.2) is 36.5 Å². The van der Waals surface area contributed by atoms with E-state index in [2.05, 4.69) is 40.4 Å². The SMILES string of the molecule is CNC(=O)c1cc(Cl)ncc1NC(=O)C1(c2ccccc2C(C)C)CN(C2CC(F)C2)C1. The number of benzene rings is 1. The van der Waals surface area contributed by atoms with Crippen molar-refractivity contribution in [2.75, 3.05) is 25.5 Å². The molecule has 2 aliphatic rings. The Labute approximate surface area is 192 Å². The van der Waals surface area contributed by atoms with Crippen molar-refractivity contribution in [3.63, 3.8) is 0 Å². The first-order valence-electron chi connectivity index (χ1n) is 10.9. The number of rotatable bonds is 6. The van der Waals surface area contributed by atoms with Gasteiger partial charge in [0.05, 0.1) is 22.9 Å². The standard InChI is InChI=1S/C24H28ClFN4O2/c1-14(2)17-6-4-5-7-19(17)24(12-30(13-24)16-8-15(26)9-16)23(32)29-20-11-28-21(25)10-18(20)22(31)27-3/h4-7,10-11,14-16H,8-9,12-13H2,1-3H3,(H,27,31)(H,29,32). The number of carbonyl (C=O) groups excluding carboxylic acids is 2. The molecule has 2 aromatic rings. The van der Waals surface area contributed by atoms with E-state index in [1.165, 1.54) is 19.3 Å². The zero-order valence-corrected chi connectivity index (χ0v) is 19.2. The second-order valence-electron chi connectivity index (χ2n) is 9.04. The van der Waals surface area contributed by atoms with Crippen LogP contribution in [0.5, 0.6) is 0 Å². The summed E-state index contributed by atoms with van der Waals surface area (Å²) in [6.45, 7) is 5.23. The quantitative estimate of drug-likeness (QED) is 0.643. The number of aromatic nitrogens is 1. The van der Waals surface area contributed by atoms with Gasteiger partial charge in [0.25, 0.3) is 5.91 Å². The van der Waals surface area contributed by atoms with Gasteiger partial charge >= 0.3 is 0 Å². The Morgan fingerprint density at radius 1 is 1.25 bits per heavy atom. The molecule has 2 N–H and O–H groups in total. The molecule has 1 aromatic heterocycles. The highest BCUT2D eigenvalue weighted by Crippen LogP contribution is 2.44. The summed E-state index contributed by atoms with van der Waals surface area (Å²) in [5.74, 6) is -0.324. The third-order valence-corrected chi connectivity index (χ3v) is 6.85. The van der Waals surface area contributed by atoms with Crippen LogP contribution in [0.25, 0.3) is 0 Å². The zero-order chi connectivity index (χ0) is 23.0. The van der Waals surface area contributed by atoms with E-state index in [1.54, 1.807) is 0 Å². The molecule has 1 saturated carbocycles. The van der Waals surface area contributed by atoms with Crippen LogP contribution in [0.2, 0.25) is 5.15 Å². The smallest absolute Gasteiger partial charge is 0.253 e. The predicted octanol–water partition coefficient (Wildman–Crippen LogP) is 3.91. The van der Waals surface area contributed by atoms with E-state index in [0.717, 1.165) is 11.1 Å². The summed E-state index contributed by atoms with van der Waals surface area (Å²) in [6, 6.07) is 9.60. The number of hydrogen-bond acceptors (Lipinski definition) is 4. The van der Waals surface area contributed by atoms with Crippen molar-refractivity contribution in [3.8, 4) is 0 Å². The van der Waals surface area contributed by atoms with Crippen LogP contribution in [-0.4, -0.2) is 54.0 Å². The molecule has 170 valence electrons. The zero-order valence-electron chi connectivity index (χ0n) is 18.5. The Morgan fingerprint density at radius 3 is 2.56 bits per heavy atom. The van der Waals surface area contributed by atoms with Crippen LogP contribution in [0.1, 0.15) is 54.1 Å². The van der Waals surface area contributed by atoms with Crippen LogP contribution in [0.4, 0.5) is 10.1 Å². The highest BCUT2D eigenvalue weighted by Gasteiger charge is 2.55. The summed E-state index contributed by atoms with van der Waals surface area (Å²) < 4.78 is 13.4. The lowest BCUT2D eigenvalue weighted by Crippen LogP contribution is -2.69. The number of amides is 2. The minimum atomic E-state index is -0.790. The predicted molar refractivity (Wildman–Crippen MR) is 123 cm³/mol. The summed E-state index contributed by atoms with van der Waals surface area (Å²) in [7, 11) is 1.52. The minimum absolute atomic E-state index is 0.169. The van der Waals surface area contributed by atoms with E-state index < -0.39 is 11.6 Å². The minimum Gasteiger partial charge on any atom is -0.355 e. The summed E-state index contributed by atoms with van der Waals surface area (Å²) in [6.07, 6.45) is 1.70. The Morgan fingerprint density at radius 2 is 1.94 bits per heavy atom. The normalized spacial score (nSPS) is 22.1. The molecule has 8 heteroatoms. The van der Waals surface area contributed by atoms with Gasteiger partial charge in [0.15, 0.2) is 0 Å².